The number of rotatable bonds is 4. The lowest BCUT2D eigenvalue weighted by Gasteiger charge is -2.32. The van der Waals surface area contributed by atoms with Crippen LogP contribution in [-0.2, 0) is 26.5 Å². The molecule has 0 aromatic heterocycles. The number of carbonyl (C=O) groups excluding carboxylic acids is 1. The molecule has 2 fully saturated rings. The van der Waals surface area contributed by atoms with Crippen LogP contribution in [0.4, 0.5) is 10.1 Å². The van der Waals surface area contributed by atoms with Crippen molar-refractivity contribution in [3.63, 3.8) is 0 Å². The molecule has 2 aromatic rings. The minimum Gasteiger partial charge on any atom is -0.338 e. The maximum atomic E-state index is 13.2. The number of nitrogens with zero attached hydrogens (tertiary/aromatic N) is 1. The van der Waals surface area contributed by atoms with E-state index >= 15 is 0 Å². The minimum atomic E-state index is -1.29. The quantitative estimate of drug-likeness (QED) is 0.826. The summed E-state index contributed by atoms with van der Waals surface area (Å²) in [5.41, 5.74) is 3.79. The molecule has 1 spiro atoms. The predicted molar refractivity (Wildman–Crippen MR) is 98.9 cm³/mol. The van der Waals surface area contributed by atoms with E-state index in [1.165, 1.54) is 25.0 Å². The molecule has 1 saturated heterocycles. The van der Waals surface area contributed by atoms with Crippen LogP contribution in [0.1, 0.15) is 36.0 Å². The first kappa shape index (κ1) is 16.9. The largest absolute Gasteiger partial charge is 0.338 e. The fourth-order valence-electron chi connectivity index (χ4n) is 3.98. The molecule has 1 aliphatic carbocycles. The second-order valence-electron chi connectivity index (χ2n) is 7.68. The van der Waals surface area contributed by atoms with E-state index in [9.17, 15) is 9.18 Å². The molecule has 5 rings (SSSR count). The molecular weight excluding hydrogens is 345 g/mol. The number of anilines is 1. The molecule has 2 aromatic carbocycles. The second-order valence-corrected chi connectivity index (χ2v) is 7.68. The number of amides is 1. The van der Waals surface area contributed by atoms with Gasteiger partial charge in [-0.1, -0.05) is 18.2 Å². The van der Waals surface area contributed by atoms with Gasteiger partial charge in [-0.25, -0.2) is 4.39 Å². The second kappa shape index (κ2) is 6.43. The standard InChI is InChI=1S/C22H22FNO3/c23-18-7-4-15(5-8-18)12-17-6-9-20-19(13-17)22(26-10-1-11-27-22)21(25)24(20)14-16-2-3-16/h4-9,13,16H,1-3,10-12,14H2. The van der Waals surface area contributed by atoms with Crippen LogP contribution in [-0.4, -0.2) is 25.7 Å². The Hall–Kier alpha value is -2.24. The molecule has 1 amide bonds. The number of benzene rings is 2. The lowest BCUT2D eigenvalue weighted by Crippen LogP contribution is -2.47. The number of fused-ring (bicyclic) bond motifs is 2. The maximum absolute atomic E-state index is 13.2. The summed E-state index contributed by atoms with van der Waals surface area (Å²) in [4.78, 5) is 15.1. The van der Waals surface area contributed by atoms with E-state index in [2.05, 4.69) is 0 Å². The summed E-state index contributed by atoms with van der Waals surface area (Å²) in [5.74, 6) is -1.04. The van der Waals surface area contributed by atoms with Crippen molar-refractivity contribution in [3.05, 3.63) is 65.0 Å². The van der Waals surface area contributed by atoms with E-state index in [0.29, 0.717) is 25.6 Å². The lowest BCUT2D eigenvalue weighted by atomic mass is 9.98. The monoisotopic (exact) mass is 367 g/mol. The first-order valence-electron chi connectivity index (χ1n) is 9.63. The van der Waals surface area contributed by atoms with Crippen LogP contribution >= 0.6 is 0 Å². The van der Waals surface area contributed by atoms with E-state index < -0.39 is 5.79 Å². The van der Waals surface area contributed by atoms with Gasteiger partial charge in [0.15, 0.2) is 0 Å². The average molecular weight is 367 g/mol. The van der Waals surface area contributed by atoms with Gasteiger partial charge in [0.05, 0.1) is 18.9 Å². The zero-order valence-corrected chi connectivity index (χ0v) is 15.1. The molecule has 0 bridgehead atoms. The van der Waals surface area contributed by atoms with Crippen molar-refractivity contribution < 1.29 is 18.7 Å². The summed E-state index contributed by atoms with van der Waals surface area (Å²) in [5, 5.41) is 0. The highest BCUT2D eigenvalue weighted by Crippen LogP contribution is 2.47. The summed E-state index contributed by atoms with van der Waals surface area (Å²) in [6.07, 6.45) is 3.82. The molecule has 0 N–H and O–H groups in total. The van der Waals surface area contributed by atoms with Gasteiger partial charge in [-0.05, 0) is 67.0 Å². The molecule has 4 nitrogen and oxygen atoms in total. The summed E-state index contributed by atoms with van der Waals surface area (Å²) in [7, 11) is 0. The predicted octanol–water partition coefficient (Wildman–Crippen LogP) is 3.76. The third-order valence-corrected chi connectivity index (χ3v) is 5.59. The molecule has 2 heterocycles. The third-order valence-electron chi connectivity index (χ3n) is 5.59. The molecule has 5 heteroatoms. The van der Waals surface area contributed by atoms with Crippen molar-refractivity contribution in [2.75, 3.05) is 24.7 Å². The Morgan fingerprint density at radius 3 is 2.44 bits per heavy atom. The van der Waals surface area contributed by atoms with Gasteiger partial charge in [0, 0.05) is 12.1 Å². The van der Waals surface area contributed by atoms with Gasteiger partial charge in [-0.3, -0.25) is 4.79 Å². The van der Waals surface area contributed by atoms with Gasteiger partial charge in [-0.2, -0.15) is 0 Å². The zero-order valence-electron chi connectivity index (χ0n) is 15.1. The number of hydrogen-bond acceptors (Lipinski definition) is 3. The Bertz CT molecular complexity index is 870. The van der Waals surface area contributed by atoms with Gasteiger partial charge in [0.1, 0.15) is 5.82 Å². The van der Waals surface area contributed by atoms with Crippen LogP contribution in [0, 0.1) is 11.7 Å². The Kier molecular flexibility index (Phi) is 4.02. The van der Waals surface area contributed by atoms with Crippen molar-refractivity contribution in [2.24, 2.45) is 5.92 Å². The SMILES string of the molecule is O=C1N(CC2CC2)c2ccc(Cc3ccc(F)cc3)cc2C12OCCCO2. The van der Waals surface area contributed by atoms with Crippen molar-refractivity contribution >= 4 is 11.6 Å². The number of halogens is 1. The summed E-state index contributed by atoms with van der Waals surface area (Å²) < 4.78 is 25.1. The van der Waals surface area contributed by atoms with Gasteiger partial charge in [-0.15, -0.1) is 0 Å². The Morgan fingerprint density at radius 2 is 1.74 bits per heavy atom. The topological polar surface area (TPSA) is 38.8 Å². The van der Waals surface area contributed by atoms with Crippen molar-refractivity contribution in [3.8, 4) is 0 Å². The maximum Gasteiger partial charge on any atom is 0.292 e. The number of ether oxygens (including phenoxy) is 2. The molecule has 0 radical (unpaired) electrons. The Balaban J connectivity index is 1.51. The molecule has 1 saturated carbocycles. The van der Waals surface area contributed by atoms with Crippen LogP contribution < -0.4 is 4.90 Å². The van der Waals surface area contributed by atoms with Crippen LogP contribution in [0.2, 0.25) is 0 Å². The van der Waals surface area contributed by atoms with Gasteiger partial charge >= 0.3 is 0 Å². The Morgan fingerprint density at radius 1 is 1.04 bits per heavy atom. The van der Waals surface area contributed by atoms with Crippen molar-refractivity contribution in [2.45, 2.75) is 31.5 Å². The zero-order chi connectivity index (χ0) is 18.4. The molecule has 0 atom stereocenters. The van der Waals surface area contributed by atoms with E-state index in [4.69, 9.17) is 9.47 Å². The fourth-order valence-corrected chi connectivity index (χ4v) is 3.98. The third kappa shape index (κ3) is 2.95. The highest BCUT2D eigenvalue weighted by Gasteiger charge is 2.55. The van der Waals surface area contributed by atoms with Crippen LogP contribution in [0.3, 0.4) is 0 Å². The molecular formula is C22H22FNO3. The summed E-state index contributed by atoms with van der Waals surface area (Å²) in [6, 6.07) is 12.6. The highest BCUT2D eigenvalue weighted by atomic mass is 19.1. The van der Waals surface area contributed by atoms with Crippen molar-refractivity contribution in [1.82, 2.24) is 0 Å². The van der Waals surface area contributed by atoms with Gasteiger partial charge in [0.25, 0.3) is 11.7 Å². The van der Waals surface area contributed by atoms with Crippen LogP contribution in [0.5, 0.6) is 0 Å². The summed E-state index contributed by atoms with van der Waals surface area (Å²) in [6.45, 7) is 1.77. The first-order valence-corrected chi connectivity index (χ1v) is 9.63. The van der Waals surface area contributed by atoms with E-state index in [1.807, 2.05) is 23.1 Å². The molecule has 0 unspecified atom stereocenters. The molecule has 140 valence electrons. The lowest BCUT2D eigenvalue weighted by molar-refractivity contribution is -0.256. The van der Waals surface area contributed by atoms with E-state index in [-0.39, 0.29) is 11.7 Å². The fraction of sp³-hybridized carbons (Fsp3) is 0.409. The van der Waals surface area contributed by atoms with Crippen molar-refractivity contribution in [1.29, 1.82) is 0 Å². The average Bonchev–Trinajstić information content (AvgIpc) is 3.49. The minimum absolute atomic E-state index is 0.0944. The van der Waals surface area contributed by atoms with E-state index in [0.717, 1.165) is 35.3 Å². The van der Waals surface area contributed by atoms with Crippen LogP contribution in [0.15, 0.2) is 42.5 Å². The van der Waals surface area contributed by atoms with E-state index in [1.54, 1.807) is 12.1 Å². The van der Waals surface area contributed by atoms with Gasteiger partial charge < -0.3 is 14.4 Å². The Labute approximate surface area is 157 Å². The van der Waals surface area contributed by atoms with Crippen LogP contribution in [0.25, 0.3) is 0 Å². The molecule has 27 heavy (non-hydrogen) atoms. The number of carbonyl (C=O) groups is 1. The molecule has 3 aliphatic rings. The highest BCUT2D eigenvalue weighted by molar-refractivity contribution is 6.06. The summed E-state index contributed by atoms with van der Waals surface area (Å²) >= 11 is 0. The number of hydrogen-bond donors (Lipinski definition) is 0. The molecule has 2 aliphatic heterocycles. The first-order chi connectivity index (χ1) is 13.2. The normalized spacial score (nSPS) is 20.9. The smallest absolute Gasteiger partial charge is 0.292 e. The van der Waals surface area contributed by atoms with Gasteiger partial charge in [0.2, 0.25) is 0 Å².